The first-order valence-corrected chi connectivity index (χ1v) is 6.29. The molecule has 90 valence electrons. The van der Waals surface area contributed by atoms with E-state index in [1.54, 1.807) is 12.1 Å². The molecular formula is C12H8FIN4. The number of hydrogen-bond acceptors (Lipinski definition) is 3. The van der Waals surface area contributed by atoms with E-state index >= 15 is 0 Å². The largest absolute Gasteiger partial charge is 0.384 e. The van der Waals surface area contributed by atoms with Crippen molar-refractivity contribution in [1.82, 2.24) is 15.0 Å². The number of aromatic amines is 1. The first-order valence-electron chi connectivity index (χ1n) is 5.21. The van der Waals surface area contributed by atoms with Gasteiger partial charge in [-0.2, -0.15) is 0 Å². The summed E-state index contributed by atoms with van der Waals surface area (Å²) in [6.07, 6.45) is 0. The van der Waals surface area contributed by atoms with Gasteiger partial charge in [-0.25, -0.2) is 14.4 Å². The average Bonchev–Trinajstić information content (AvgIpc) is 2.71. The average molecular weight is 354 g/mol. The maximum absolute atomic E-state index is 13.1. The number of nitrogens with two attached hydrogens (primary N) is 1. The molecule has 3 N–H and O–H groups in total. The lowest BCUT2D eigenvalue weighted by atomic mass is 10.2. The van der Waals surface area contributed by atoms with Crippen molar-refractivity contribution in [3.8, 4) is 11.4 Å². The molecule has 0 aliphatic heterocycles. The number of fused-ring (bicyclic) bond motifs is 1. The number of aromatic nitrogens is 3. The van der Waals surface area contributed by atoms with Crippen molar-refractivity contribution in [3.63, 3.8) is 0 Å². The second-order valence-electron chi connectivity index (χ2n) is 3.82. The Morgan fingerprint density at radius 2 is 2.00 bits per heavy atom. The quantitative estimate of drug-likeness (QED) is 0.661. The molecule has 0 aliphatic carbocycles. The fraction of sp³-hybridized carbons (Fsp3) is 0. The van der Waals surface area contributed by atoms with Crippen molar-refractivity contribution in [2.45, 2.75) is 0 Å². The summed E-state index contributed by atoms with van der Waals surface area (Å²) in [6.45, 7) is 0. The van der Waals surface area contributed by atoms with Crippen LogP contribution in [0, 0.1) is 9.39 Å². The van der Waals surface area contributed by atoms with Crippen LogP contribution >= 0.6 is 22.6 Å². The highest BCUT2D eigenvalue weighted by Gasteiger charge is 2.10. The van der Waals surface area contributed by atoms with Gasteiger partial charge in [0.25, 0.3) is 0 Å². The number of halogens is 2. The number of nitrogens with zero attached hydrogens (tertiary/aromatic N) is 2. The molecule has 0 spiro atoms. The normalized spacial score (nSPS) is 11.0. The number of pyridine rings is 1. The molecule has 0 unspecified atom stereocenters. The topological polar surface area (TPSA) is 67.6 Å². The van der Waals surface area contributed by atoms with Crippen molar-refractivity contribution in [1.29, 1.82) is 0 Å². The fourth-order valence-electron chi connectivity index (χ4n) is 1.72. The standard InChI is InChI=1S/C12H8FIN4/c13-6-1-2-7(8(14)5-6)11-16-9-3-4-10(15)17-12(9)18-11/h1-5H,(H3,15,16,17,18). The monoisotopic (exact) mass is 354 g/mol. The van der Waals surface area contributed by atoms with E-state index in [9.17, 15) is 4.39 Å². The van der Waals surface area contributed by atoms with Gasteiger partial charge in [0.05, 0.1) is 5.52 Å². The minimum Gasteiger partial charge on any atom is -0.384 e. The first kappa shape index (κ1) is 11.4. The van der Waals surface area contributed by atoms with Crippen molar-refractivity contribution >= 4 is 39.6 Å². The summed E-state index contributed by atoms with van der Waals surface area (Å²) < 4.78 is 13.8. The third-order valence-corrected chi connectivity index (χ3v) is 3.45. The summed E-state index contributed by atoms with van der Waals surface area (Å²) in [5.41, 5.74) is 7.81. The molecule has 0 fully saturated rings. The van der Waals surface area contributed by atoms with Crippen LogP contribution in [0.1, 0.15) is 0 Å². The van der Waals surface area contributed by atoms with Crippen molar-refractivity contribution in [2.24, 2.45) is 0 Å². The van der Waals surface area contributed by atoms with Gasteiger partial charge < -0.3 is 10.7 Å². The Balaban J connectivity index is 2.19. The van der Waals surface area contributed by atoms with Crippen LogP contribution in [-0.2, 0) is 0 Å². The lowest BCUT2D eigenvalue weighted by molar-refractivity contribution is 0.627. The molecule has 0 atom stereocenters. The fourth-order valence-corrected chi connectivity index (χ4v) is 2.45. The smallest absolute Gasteiger partial charge is 0.180 e. The Morgan fingerprint density at radius 3 is 2.78 bits per heavy atom. The number of benzene rings is 1. The molecule has 0 bridgehead atoms. The highest BCUT2D eigenvalue weighted by atomic mass is 127. The maximum Gasteiger partial charge on any atom is 0.180 e. The SMILES string of the molecule is Nc1ccc2[nH]c(-c3ccc(F)cc3I)nc2n1. The molecule has 0 saturated heterocycles. The van der Waals surface area contributed by atoms with Gasteiger partial charge in [-0.05, 0) is 52.9 Å². The number of H-pyrrole nitrogens is 1. The van der Waals surface area contributed by atoms with Gasteiger partial charge in [-0.15, -0.1) is 0 Å². The molecule has 0 aliphatic rings. The number of hydrogen-bond donors (Lipinski definition) is 2. The van der Waals surface area contributed by atoms with E-state index < -0.39 is 0 Å². The second-order valence-corrected chi connectivity index (χ2v) is 4.98. The van der Waals surface area contributed by atoms with Crippen LogP contribution in [0.15, 0.2) is 30.3 Å². The molecule has 3 rings (SSSR count). The minimum atomic E-state index is -0.262. The van der Waals surface area contributed by atoms with E-state index in [1.807, 2.05) is 6.07 Å². The van der Waals surface area contributed by atoms with E-state index in [4.69, 9.17) is 5.73 Å². The molecule has 0 radical (unpaired) electrons. The van der Waals surface area contributed by atoms with Crippen LogP contribution < -0.4 is 5.73 Å². The van der Waals surface area contributed by atoms with Gasteiger partial charge in [0.1, 0.15) is 17.5 Å². The zero-order valence-corrected chi connectivity index (χ0v) is 11.3. The minimum absolute atomic E-state index is 0.262. The molecule has 2 heterocycles. The first-order chi connectivity index (χ1) is 8.63. The Hall–Kier alpha value is -1.70. The summed E-state index contributed by atoms with van der Waals surface area (Å²) in [7, 11) is 0. The molecule has 1 aromatic carbocycles. The predicted molar refractivity (Wildman–Crippen MR) is 76.4 cm³/mol. The maximum atomic E-state index is 13.1. The van der Waals surface area contributed by atoms with Crippen LogP contribution in [-0.4, -0.2) is 15.0 Å². The zero-order valence-electron chi connectivity index (χ0n) is 9.11. The molecule has 6 heteroatoms. The van der Waals surface area contributed by atoms with Crippen LogP contribution in [0.3, 0.4) is 0 Å². The summed E-state index contributed by atoms with van der Waals surface area (Å²) in [5, 5.41) is 0. The number of imidazole rings is 1. The van der Waals surface area contributed by atoms with Gasteiger partial charge in [0.15, 0.2) is 5.65 Å². The third kappa shape index (κ3) is 1.92. The molecule has 0 saturated carbocycles. The Kier molecular flexibility index (Phi) is 2.66. The highest BCUT2D eigenvalue weighted by Crippen LogP contribution is 2.25. The molecule has 2 aromatic heterocycles. The van der Waals surface area contributed by atoms with E-state index in [-0.39, 0.29) is 5.82 Å². The number of rotatable bonds is 1. The van der Waals surface area contributed by atoms with Crippen LogP contribution in [0.4, 0.5) is 10.2 Å². The van der Waals surface area contributed by atoms with Gasteiger partial charge in [0.2, 0.25) is 0 Å². The van der Waals surface area contributed by atoms with Crippen molar-refractivity contribution in [3.05, 3.63) is 39.7 Å². The summed E-state index contributed by atoms with van der Waals surface area (Å²) in [4.78, 5) is 11.6. The van der Waals surface area contributed by atoms with Crippen LogP contribution in [0.25, 0.3) is 22.6 Å². The molecule has 18 heavy (non-hydrogen) atoms. The van der Waals surface area contributed by atoms with Gasteiger partial charge >= 0.3 is 0 Å². The van der Waals surface area contributed by atoms with Gasteiger partial charge in [-0.1, -0.05) is 0 Å². The second kappa shape index (κ2) is 4.20. The van der Waals surface area contributed by atoms with Crippen LogP contribution in [0.2, 0.25) is 0 Å². The van der Waals surface area contributed by atoms with Crippen molar-refractivity contribution in [2.75, 3.05) is 5.73 Å². The molecular weight excluding hydrogens is 346 g/mol. The predicted octanol–water partition coefficient (Wildman–Crippen LogP) is 2.95. The third-order valence-electron chi connectivity index (χ3n) is 2.55. The van der Waals surface area contributed by atoms with Crippen LogP contribution in [0.5, 0.6) is 0 Å². The van der Waals surface area contributed by atoms with Gasteiger partial charge in [-0.3, -0.25) is 0 Å². The number of nitrogens with one attached hydrogen (secondary N) is 1. The van der Waals surface area contributed by atoms with E-state index in [0.29, 0.717) is 17.3 Å². The zero-order chi connectivity index (χ0) is 12.7. The lowest BCUT2D eigenvalue weighted by Gasteiger charge is -2.00. The number of anilines is 1. The molecule has 4 nitrogen and oxygen atoms in total. The van der Waals surface area contributed by atoms with E-state index in [1.165, 1.54) is 12.1 Å². The summed E-state index contributed by atoms with van der Waals surface area (Å²) >= 11 is 2.08. The molecule has 0 amide bonds. The Bertz CT molecular complexity index is 738. The summed E-state index contributed by atoms with van der Waals surface area (Å²) in [5.74, 6) is 0.823. The Morgan fingerprint density at radius 1 is 1.17 bits per heavy atom. The van der Waals surface area contributed by atoms with Crippen molar-refractivity contribution < 1.29 is 4.39 Å². The lowest BCUT2D eigenvalue weighted by Crippen LogP contribution is -1.88. The van der Waals surface area contributed by atoms with E-state index in [2.05, 4.69) is 37.5 Å². The summed E-state index contributed by atoms with van der Waals surface area (Å²) in [6, 6.07) is 8.10. The molecule has 3 aromatic rings. The van der Waals surface area contributed by atoms with E-state index in [0.717, 1.165) is 14.7 Å². The highest BCUT2D eigenvalue weighted by molar-refractivity contribution is 14.1. The number of nitrogen functional groups attached to an aromatic ring is 1. The Labute approximate surface area is 116 Å². The van der Waals surface area contributed by atoms with Gasteiger partial charge in [0, 0.05) is 9.13 Å².